The highest BCUT2D eigenvalue weighted by Crippen LogP contribution is 2.46. The lowest BCUT2D eigenvalue weighted by molar-refractivity contribution is -0.106. The van der Waals surface area contributed by atoms with Gasteiger partial charge >= 0.3 is 0 Å². The molecule has 1 aliphatic carbocycles. The highest BCUT2D eigenvalue weighted by Gasteiger charge is 2.47. The molecular formula is C22H20F2IN5O2. The molecule has 3 N–H and O–H groups in total. The molecule has 7 nitrogen and oxygen atoms in total. The molecule has 1 aliphatic rings. The molecule has 2 aromatic heterocycles. The number of aryl methyl sites for hydroxylation is 1. The third kappa shape index (κ3) is 3.95. The van der Waals surface area contributed by atoms with Gasteiger partial charge in [0.05, 0.1) is 16.9 Å². The molecule has 1 saturated carbocycles. The number of rotatable bonds is 6. The Bertz CT molecular complexity index is 1300. The maximum Gasteiger partial charge on any atom is 0.298 e. The maximum absolute atomic E-state index is 14.3. The van der Waals surface area contributed by atoms with Gasteiger partial charge in [0, 0.05) is 11.1 Å². The van der Waals surface area contributed by atoms with Gasteiger partial charge in [-0.2, -0.15) is 14.0 Å². The van der Waals surface area contributed by atoms with Crippen LogP contribution in [0.25, 0.3) is 11.0 Å². The van der Waals surface area contributed by atoms with Gasteiger partial charge in [0.25, 0.3) is 11.5 Å². The molecule has 32 heavy (non-hydrogen) atoms. The predicted molar refractivity (Wildman–Crippen MR) is 124 cm³/mol. The van der Waals surface area contributed by atoms with E-state index in [9.17, 15) is 23.9 Å². The Labute approximate surface area is 196 Å². The maximum atomic E-state index is 14.3. The summed E-state index contributed by atoms with van der Waals surface area (Å²) in [6.07, 6.45) is -0.587. The number of aromatic amines is 1. The van der Waals surface area contributed by atoms with Crippen molar-refractivity contribution >= 4 is 39.4 Å². The van der Waals surface area contributed by atoms with Crippen molar-refractivity contribution in [3.8, 4) is 6.07 Å². The van der Waals surface area contributed by atoms with Crippen molar-refractivity contribution in [3.63, 3.8) is 0 Å². The van der Waals surface area contributed by atoms with Crippen LogP contribution in [0.1, 0.15) is 46.3 Å². The molecule has 1 aromatic carbocycles. The molecule has 3 aromatic rings. The monoisotopic (exact) mass is 551 g/mol. The molecule has 166 valence electrons. The van der Waals surface area contributed by atoms with Crippen molar-refractivity contribution in [3.05, 3.63) is 63.2 Å². The van der Waals surface area contributed by atoms with Gasteiger partial charge in [0.2, 0.25) is 0 Å². The summed E-state index contributed by atoms with van der Waals surface area (Å²) >= 11 is 2.07. The Balaban J connectivity index is 1.74. The Morgan fingerprint density at radius 1 is 1.34 bits per heavy atom. The number of hydrogen-bond acceptors (Lipinski definition) is 6. The molecule has 1 fully saturated rings. The summed E-state index contributed by atoms with van der Waals surface area (Å²) in [5.74, 6) is -2.54. The lowest BCUT2D eigenvalue weighted by atomic mass is 9.98. The number of anilines is 1. The summed E-state index contributed by atoms with van der Waals surface area (Å²) in [5.41, 5.74) is -0.136. The van der Waals surface area contributed by atoms with E-state index < -0.39 is 21.5 Å². The van der Waals surface area contributed by atoms with E-state index in [0.717, 1.165) is 6.92 Å². The Hall–Kier alpha value is -2.65. The van der Waals surface area contributed by atoms with Crippen LogP contribution >= 0.6 is 22.6 Å². The van der Waals surface area contributed by atoms with Crippen LogP contribution in [0, 0.1) is 18.3 Å². The number of alkyl halides is 3. The number of nitrogens with zero attached hydrogens (tertiary/aromatic N) is 3. The zero-order valence-electron chi connectivity index (χ0n) is 17.3. The third-order valence-electron chi connectivity index (χ3n) is 5.65. The largest absolute Gasteiger partial charge is 0.387 e. The summed E-state index contributed by atoms with van der Waals surface area (Å²) in [6.45, 7) is 2.73. The lowest BCUT2D eigenvalue weighted by Crippen LogP contribution is -2.28. The second-order valence-corrected chi connectivity index (χ2v) is 9.26. The van der Waals surface area contributed by atoms with Crippen LogP contribution in [-0.2, 0) is 11.3 Å². The van der Waals surface area contributed by atoms with Gasteiger partial charge in [-0.05, 0) is 44.4 Å². The number of hydrogen-bond donors (Lipinski definition) is 3. The minimum Gasteiger partial charge on any atom is -0.387 e. The molecule has 0 amide bonds. The quantitative estimate of drug-likeness (QED) is 0.241. The van der Waals surface area contributed by atoms with Crippen LogP contribution in [-0.4, -0.2) is 26.2 Å². The number of pyridine rings is 1. The summed E-state index contributed by atoms with van der Waals surface area (Å²) in [7, 11) is 0. The Morgan fingerprint density at radius 2 is 2.06 bits per heavy atom. The minimum atomic E-state index is -3.38. The third-order valence-corrected chi connectivity index (χ3v) is 6.69. The van der Waals surface area contributed by atoms with Gasteiger partial charge in [0.1, 0.15) is 27.4 Å². The standard InChI is InChI=1S/C22H20F2IN5O2/c1-11(31)22(23,24)14-5-3-4-13(8-14)17(25)29-18-15-9-16(21(10-26)6-7-21)20(32)30-19(15)28-12(2)27-18/h3-5,8-9,11,17,31H,6-7H2,1-2H3,(H2,27,28,29,30,32)/t11-,17+/m1/s1. The average molecular weight is 551 g/mol. The molecule has 4 rings (SSSR count). The summed E-state index contributed by atoms with van der Waals surface area (Å²) < 4.78 is 28.1. The summed E-state index contributed by atoms with van der Waals surface area (Å²) in [4.78, 5) is 24.0. The van der Waals surface area contributed by atoms with Crippen molar-refractivity contribution in [2.24, 2.45) is 0 Å². The fourth-order valence-corrected chi connectivity index (χ4v) is 4.26. The number of aliphatic hydroxyl groups is 1. The highest BCUT2D eigenvalue weighted by atomic mass is 127. The second kappa shape index (κ2) is 8.04. The minimum absolute atomic E-state index is 0.284. The smallest absolute Gasteiger partial charge is 0.298 e. The van der Waals surface area contributed by atoms with Crippen molar-refractivity contribution in [2.75, 3.05) is 5.32 Å². The van der Waals surface area contributed by atoms with E-state index in [-0.39, 0.29) is 11.1 Å². The predicted octanol–water partition coefficient (Wildman–Crippen LogP) is 4.20. The molecule has 0 radical (unpaired) electrons. The number of nitriles is 1. The van der Waals surface area contributed by atoms with Gasteiger partial charge < -0.3 is 15.4 Å². The number of aliphatic hydroxyl groups excluding tert-OH is 1. The van der Waals surface area contributed by atoms with Crippen molar-refractivity contribution < 1.29 is 13.9 Å². The fourth-order valence-electron chi connectivity index (χ4n) is 3.58. The van der Waals surface area contributed by atoms with Gasteiger partial charge in [-0.15, -0.1) is 0 Å². The SMILES string of the molecule is Cc1nc(N[C@H](I)c2cccc(C(F)(F)[C@@H](C)O)c2)c2cc(C3(C#N)CC3)c(=O)[nH]c2n1. The zero-order chi connectivity index (χ0) is 23.3. The number of H-pyrrole nitrogens is 1. The second-order valence-electron chi connectivity index (χ2n) is 8.02. The van der Waals surface area contributed by atoms with Gasteiger partial charge in [-0.3, -0.25) is 4.79 Å². The first-order valence-electron chi connectivity index (χ1n) is 9.98. The van der Waals surface area contributed by atoms with Crippen LogP contribution in [0.4, 0.5) is 14.6 Å². The number of fused-ring (bicyclic) bond motifs is 1. The number of benzene rings is 1. The van der Waals surface area contributed by atoms with E-state index in [1.165, 1.54) is 18.2 Å². The molecule has 0 spiro atoms. The fraction of sp³-hybridized carbons (Fsp3) is 0.364. The topological polar surface area (TPSA) is 115 Å². The molecule has 0 unspecified atom stereocenters. The van der Waals surface area contributed by atoms with Gasteiger partial charge in [-0.1, -0.05) is 40.8 Å². The summed E-state index contributed by atoms with van der Waals surface area (Å²) in [6, 6.07) is 9.70. The van der Waals surface area contributed by atoms with Crippen LogP contribution in [0.5, 0.6) is 0 Å². The zero-order valence-corrected chi connectivity index (χ0v) is 19.4. The number of halogens is 3. The Kier molecular flexibility index (Phi) is 5.67. The molecule has 0 aliphatic heterocycles. The van der Waals surface area contributed by atoms with Gasteiger partial charge in [-0.25, -0.2) is 9.97 Å². The van der Waals surface area contributed by atoms with Crippen molar-refractivity contribution in [2.45, 2.75) is 48.2 Å². The average Bonchev–Trinajstić information content (AvgIpc) is 3.54. The highest BCUT2D eigenvalue weighted by molar-refractivity contribution is 14.1. The molecule has 2 heterocycles. The van der Waals surface area contributed by atoms with E-state index in [2.05, 4.69) is 48.9 Å². The summed E-state index contributed by atoms with van der Waals surface area (Å²) in [5, 5.41) is 22.7. The molecule has 0 bridgehead atoms. The van der Waals surface area contributed by atoms with Crippen LogP contribution in [0.3, 0.4) is 0 Å². The van der Waals surface area contributed by atoms with Crippen LogP contribution in [0.2, 0.25) is 0 Å². The van der Waals surface area contributed by atoms with Crippen molar-refractivity contribution in [1.82, 2.24) is 15.0 Å². The normalized spacial score (nSPS) is 16.9. The number of aromatic nitrogens is 3. The van der Waals surface area contributed by atoms with E-state index in [4.69, 9.17) is 0 Å². The van der Waals surface area contributed by atoms with E-state index in [0.29, 0.717) is 46.6 Å². The first kappa shape index (κ1) is 22.5. The van der Waals surface area contributed by atoms with Crippen molar-refractivity contribution in [1.29, 1.82) is 5.26 Å². The molecule has 0 saturated heterocycles. The van der Waals surface area contributed by atoms with Crippen LogP contribution < -0.4 is 10.9 Å². The first-order valence-corrected chi connectivity index (χ1v) is 11.2. The van der Waals surface area contributed by atoms with Gasteiger partial charge in [0.15, 0.2) is 0 Å². The van der Waals surface area contributed by atoms with E-state index in [1.807, 2.05) is 0 Å². The molecule has 10 heteroatoms. The molecule has 2 atom stereocenters. The van der Waals surface area contributed by atoms with E-state index >= 15 is 0 Å². The lowest BCUT2D eigenvalue weighted by Gasteiger charge is -2.22. The van der Waals surface area contributed by atoms with E-state index in [1.54, 1.807) is 19.1 Å². The molecular weight excluding hydrogens is 531 g/mol. The Morgan fingerprint density at radius 3 is 2.69 bits per heavy atom. The van der Waals surface area contributed by atoms with Crippen LogP contribution in [0.15, 0.2) is 35.1 Å². The first-order chi connectivity index (χ1) is 15.1. The number of nitrogens with one attached hydrogen (secondary N) is 2.